The van der Waals surface area contributed by atoms with E-state index in [1.807, 2.05) is 21.8 Å². The van der Waals surface area contributed by atoms with Gasteiger partial charge in [-0.2, -0.15) is 5.10 Å². The first-order valence-electron chi connectivity index (χ1n) is 6.24. The van der Waals surface area contributed by atoms with Gasteiger partial charge >= 0.3 is 0 Å². The lowest BCUT2D eigenvalue weighted by Crippen LogP contribution is -2.38. The largest absolute Gasteiger partial charge is 0.341 e. The van der Waals surface area contributed by atoms with Gasteiger partial charge in [0.25, 0.3) is 0 Å². The van der Waals surface area contributed by atoms with Gasteiger partial charge in [-0.3, -0.25) is 9.48 Å². The Labute approximate surface area is 102 Å². The molecule has 1 fully saturated rings. The first-order valence-corrected chi connectivity index (χ1v) is 6.24. The Balaban J connectivity index is 1.63. The second-order valence-corrected chi connectivity index (χ2v) is 4.57. The fourth-order valence-corrected chi connectivity index (χ4v) is 2.14. The highest BCUT2D eigenvalue weighted by atomic mass is 16.2. The molecule has 1 aromatic rings. The van der Waals surface area contributed by atoms with Crippen LogP contribution in [-0.2, 0) is 11.3 Å². The van der Waals surface area contributed by atoms with Gasteiger partial charge in [0.2, 0.25) is 5.91 Å². The van der Waals surface area contributed by atoms with Gasteiger partial charge in [0.1, 0.15) is 0 Å². The number of carbonyl (C=O) groups excluding carboxylic acids is 1. The quantitative estimate of drug-likeness (QED) is 0.782. The van der Waals surface area contributed by atoms with Crippen molar-refractivity contribution in [1.29, 1.82) is 0 Å². The zero-order valence-corrected chi connectivity index (χ0v) is 10.3. The summed E-state index contributed by atoms with van der Waals surface area (Å²) in [7, 11) is 0. The second kappa shape index (κ2) is 5.82. The lowest BCUT2D eigenvalue weighted by Gasteiger charge is -2.18. The molecule has 1 amide bonds. The molecule has 1 atom stereocenters. The van der Waals surface area contributed by atoms with E-state index < -0.39 is 0 Å². The number of likely N-dealkylation sites (tertiary alicyclic amines) is 1. The van der Waals surface area contributed by atoms with Crippen LogP contribution in [0.25, 0.3) is 0 Å². The molecule has 0 saturated carbocycles. The van der Waals surface area contributed by atoms with E-state index in [-0.39, 0.29) is 0 Å². The van der Waals surface area contributed by atoms with Crippen molar-refractivity contribution in [2.75, 3.05) is 19.6 Å². The minimum atomic E-state index is 0.298. The minimum absolute atomic E-state index is 0.298. The third kappa shape index (κ3) is 3.56. The summed E-state index contributed by atoms with van der Waals surface area (Å²) in [6.45, 7) is 5.60. The van der Waals surface area contributed by atoms with Gasteiger partial charge in [-0.05, 0) is 19.4 Å². The molecular weight excluding hydrogens is 216 g/mol. The minimum Gasteiger partial charge on any atom is -0.341 e. The highest BCUT2D eigenvalue weighted by molar-refractivity contribution is 5.78. The van der Waals surface area contributed by atoms with Crippen LogP contribution in [0.5, 0.6) is 0 Å². The van der Waals surface area contributed by atoms with Gasteiger partial charge in [-0.1, -0.05) is 0 Å². The lowest BCUT2D eigenvalue weighted by atomic mass is 10.3. The monoisotopic (exact) mass is 236 g/mol. The lowest BCUT2D eigenvalue weighted by molar-refractivity contribution is -0.127. The van der Waals surface area contributed by atoms with Gasteiger partial charge in [0.15, 0.2) is 0 Å². The number of nitrogens with one attached hydrogen (secondary N) is 1. The van der Waals surface area contributed by atoms with E-state index in [4.69, 9.17) is 0 Å². The van der Waals surface area contributed by atoms with Crippen LogP contribution in [0.15, 0.2) is 18.5 Å². The molecule has 0 aromatic carbocycles. The maximum atomic E-state index is 11.4. The summed E-state index contributed by atoms with van der Waals surface area (Å²) >= 11 is 0. The SMILES string of the molecule is C[C@H](Cn1cccn1)NCCN1CCCC1=O. The number of hydrogen-bond donors (Lipinski definition) is 1. The molecule has 17 heavy (non-hydrogen) atoms. The van der Waals surface area contributed by atoms with E-state index in [9.17, 15) is 4.79 Å². The van der Waals surface area contributed by atoms with Gasteiger partial charge in [0, 0.05) is 44.5 Å². The van der Waals surface area contributed by atoms with Crippen LogP contribution in [0.3, 0.4) is 0 Å². The second-order valence-electron chi connectivity index (χ2n) is 4.57. The van der Waals surface area contributed by atoms with E-state index >= 15 is 0 Å². The maximum absolute atomic E-state index is 11.4. The van der Waals surface area contributed by atoms with E-state index in [1.165, 1.54) is 0 Å². The predicted molar refractivity (Wildman–Crippen MR) is 65.5 cm³/mol. The molecule has 0 spiro atoms. The average Bonchev–Trinajstić information content (AvgIpc) is 2.91. The molecule has 0 unspecified atom stereocenters. The van der Waals surface area contributed by atoms with Gasteiger partial charge in [0.05, 0.1) is 6.54 Å². The number of amides is 1. The molecule has 5 nitrogen and oxygen atoms in total. The fourth-order valence-electron chi connectivity index (χ4n) is 2.14. The highest BCUT2D eigenvalue weighted by Gasteiger charge is 2.19. The van der Waals surface area contributed by atoms with E-state index in [0.717, 1.165) is 39.0 Å². The molecule has 1 N–H and O–H groups in total. The van der Waals surface area contributed by atoms with Crippen molar-refractivity contribution in [3.8, 4) is 0 Å². The zero-order chi connectivity index (χ0) is 12.1. The Hall–Kier alpha value is -1.36. The smallest absolute Gasteiger partial charge is 0.222 e. The molecule has 94 valence electrons. The topological polar surface area (TPSA) is 50.2 Å². The molecule has 0 bridgehead atoms. The number of hydrogen-bond acceptors (Lipinski definition) is 3. The van der Waals surface area contributed by atoms with Crippen molar-refractivity contribution < 1.29 is 4.79 Å². The van der Waals surface area contributed by atoms with Crippen molar-refractivity contribution >= 4 is 5.91 Å². The van der Waals surface area contributed by atoms with E-state index in [1.54, 1.807) is 6.20 Å². The Bertz CT molecular complexity index is 349. The highest BCUT2D eigenvalue weighted by Crippen LogP contribution is 2.07. The van der Waals surface area contributed by atoms with E-state index in [2.05, 4.69) is 17.3 Å². The summed E-state index contributed by atoms with van der Waals surface area (Å²) < 4.78 is 1.92. The molecule has 1 aliphatic rings. The Morgan fingerprint density at radius 1 is 1.59 bits per heavy atom. The van der Waals surface area contributed by atoms with Crippen molar-refractivity contribution in [3.63, 3.8) is 0 Å². The van der Waals surface area contributed by atoms with E-state index in [0.29, 0.717) is 11.9 Å². The molecule has 5 heteroatoms. The van der Waals surface area contributed by atoms with Crippen molar-refractivity contribution in [3.05, 3.63) is 18.5 Å². The number of nitrogens with zero attached hydrogens (tertiary/aromatic N) is 3. The Morgan fingerprint density at radius 3 is 3.12 bits per heavy atom. The summed E-state index contributed by atoms with van der Waals surface area (Å²) in [5.41, 5.74) is 0. The van der Waals surface area contributed by atoms with Gasteiger partial charge < -0.3 is 10.2 Å². The molecule has 0 radical (unpaired) electrons. The summed E-state index contributed by atoms with van der Waals surface area (Å²) in [4.78, 5) is 13.3. The summed E-state index contributed by atoms with van der Waals surface area (Å²) in [5, 5.41) is 7.58. The summed E-state index contributed by atoms with van der Waals surface area (Å²) in [6, 6.07) is 2.29. The Morgan fingerprint density at radius 2 is 2.47 bits per heavy atom. The third-order valence-corrected chi connectivity index (χ3v) is 3.07. The standard InChI is InChI=1S/C12H20N4O/c1-11(10-16-8-3-5-14-16)13-6-9-15-7-2-4-12(15)17/h3,5,8,11,13H,2,4,6-7,9-10H2,1H3/t11-/m1/s1. The molecule has 2 heterocycles. The van der Waals surface area contributed by atoms with Crippen LogP contribution < -0.4 is 5.32 Å². The van der Waals surface area contributed by atoms with Crippen molar-refractivity contribution in [1.82, 2.24) is 20.0 Å². The van der Waals surface area contributed by atoms with Crippen LogP contribution in [-0.4, -0.2) is 46.3 Å². The van der Waals surface area contributed by atoms with Crippen LogP contribution in [0.4, 0.5) is 0 Å². The first kappa shape index (κ1) is 12.1. The molecule has 2 rings (SSSR count). The third-order valence-electron chi connectivity index (χ3n) is 3.07. The predicted octanol–water partition coefficient (Wildman–Crippen LogP) is 0.484. The van der Waals surface area contributed by atoms with Crippen molar-refractivity contribution in [2.24, 2.45) is 0 Å². The molecule has 1 aliphatic heterocycles. The van der Waals surface area contributed by atoms with Crippen LogP contribution >= 0.6 is 0 Å². The number of aromatic nitrogens is 2. The van der Waals surface area contributed by atoms with Crippen LogP contribution in [0, 0.1) is 0 Å². The van der Waals surface area contributed by atoms with Crippen LogP contribution in [0.1, 0.15) is 19.8 Å². The Kier molecular flexibility index (Phi) is 4.14. The van der Waals surface area contributed by atoms with Crippen molar-refractivity contribution in [2.45, 2.75) is 32.4 Å². The van der Waals surface area contributed by atoms with Crippen LogP contribution in [0.2, 0.25) is 0 Å². The normalized spacial score (nSPS) is 17.7. The number of carbonyl (C=O) groups is 1. The maximum Gasteiger partial charge on any atom is 0.222 e. The summed E-state index contributed by atoms with van der Waals surface area (Å²) in [5.74, 6) is 0.298. The summed E-state index contributed by atoms with van der Waals surface area (Å²) in [6.07, 6.45) is 5.49. The van der Waals surface area contributed by atoms with Gasteiger partial charge in [-0.25, -0.2) is 0 Å². The fraction of sp³-hybridized carbons (Fsp3) is 0.667. The first-order chi connectivity index (χ1) is 8.25. The molecule has 0 aliphatic carbocycles. The average molecular weight is 236 g/mol. The van der Waals surface area contributed by atoms with Gasteiger partial charge in [-0.15, -0.1) is 0 Å². The molecule has 1 aromatic heterocycles. The molecular formula is C12H20N4O. The molecule has 1 saturated heterocycles. The zero-order valence-electron chi connectivity index (χ0n) is 10.3. The number of rotatable bonds is 6.